The molecule has 0 aliphatic carbocycles. The summed E-state index contributed by atoms with van der Waals surface area (Å²) >= 11 is 6.84. The summed E-state index contributed by atoms with van der Waals surface area (Å²) < 4.78 is 6.50. The summed E-state index contributed by atoms with van der Waals surface area (Å²) in [7, 11) is 0. The number of nitrogens with one attached hydrogen (secondary N) is 1. The van der Waals surface area contributed by atoms with Crippen molar-refractivity contribution >= 4 is 33.8 Å². The molecule has 0 saturated heterocycles. The SMILES string of the molecule is Cc1c(-c2nnc(-c3ccccc3)o2)sc2nc[nH]c(=S)c12. The van der Waals surface area contributed by atoms with Crippen LogP contribution in [0.25, 0.3) is 32.4 Å². The van der Waals surface area contributed by atoms with Crippen molar-refractivity contribution in [3.8, 4) is 22.2 Å². The topological polar surface area (TPSA) is 67.6 Å². The van der Waals surface area contributed by atoms with Crippen molar-refractivity contribution in [2.24, 2.45) is 0 Å². The normalized spacial score (nSPS) is 11.1. The van der Waals surface area contributed by atoms with Crippen LogP contribution >= 0.6 is 23.6 Å². The molecule has 0 bridgehead atoms. The zero-order valence-corrected chi connectivity index (χ0v) is 13.2. The summed E-state index contributed by atoms with van der Waals surface area (Å²) in [6.07, 6.45) is 1.60. The predicted molar refractivity (Wildman–Crippen MR) is 88.3 cm³/mol. The molecule has 1 N–H and O–H groups in total. The number of H-pyrrole nitrogens is 1. The van der Waals surface area contributed by atoms with Crippen molar-refractivity contribution < 1.29 is 4.42 Å². The molecular formula is C15H10N4OS2. The number of aromatic amines is 1. The van der Waals surface area contributed by atoms with E-state index in [0.717, 1.165) is 26.2 Å². The van der Waals surface area contributed by atoms with Crippen molar-refractivity contribution in [3.63, 3.8) is 0 Å². The summed E-state index contributed by atoms with van der Waals surface area (Å²) in [5, 5.41) is 9.24. The second-order valence-electron chi connectivity index (χ2n) is 4.75. The lowest BCUT2D eigenvalue weighted by atomic mass is 10.2. The molecule has 0 spiro atoms. The lowest BCUT2D eigenvalue weighted by Gasteiger charge is -1.93. The Labute approximate surface area is 134 Å². The Kier molecular flexibility index (Phi) is 3.09. The van der Waals surface area contributed by atoms with Gasteiger partial charge in [0.2, 0.25) is 5.89 Å². The Morgan fingerprint density at radius 3 is 2.68 bits per heavy atom. The van der Waals surface area contributed by atoms with Crippen LogP contribution in [0.1, 0.15) is 5.56 Å². The number of hydrogen-bond acceptors (Lipinski definition) is 6. The lowest BCUT2D eigenvalue weighted by molar-refractivity contribution is 0.586. The standard InChI is InChI=1S/C15H10N4OS2/c1-8-10-14(21)16-7-17-15(10)22-11(8)13-19-18-12(20-13)9-5-3-2-4-6-9/h2-7H,1H3,(H,16,17,21). The van der Waals surface area contributed by atoms with Crippen molar-refractivity contribution in [3.05, 3.63) is 46.9 Å². The zero-order valence-electron chi connectivity index (χ0n) is 11.5. The highest BCUT2D eigenvalue weighted by Gasteiger charge is 2.18. The number of hydrogen-bond donors (Lipinski definition) is 1. The van der Waals surface area contributed by atoms with E-state index in [1.54, 1.807) is 6.33 Å². The van der Waals surface area contributed by atoms with Gasteiger partial charge in [0, 0.05) is 10.9 Å². The molecule has 1 aromatic carbocycles. The molecule has 108 valence electrons. The maximum Gasteiger partial charge on any atom is 0.258 e. The lowest BCUT2D eigenvalue weighted by Crippen LogP contribution is -1.80. The molecule has 0 unspecified atom stereocenters. The molecular weight excluding hydrogens is 316 g/mol. The number of nitrogens with zero attached hydrogens (tertiary/aromatic N) is 3. The van der Waals surface area contributed by atoms with Crippen molar-refractivity contribution in [2.75, 3.05) is 0 Å². The second-order valence-corrected chi connectivity index (χ2v) is 6.15. The summed E-state index contributed by atoms with van der Waals surface area (Å²) in [6, 6.07) is 9.70. The third kappa shape index (κ3) is 2.06. The molecule has 0 aliphatic rings. The van der Waals surface area contributed by atoms with Crippen LogP contribution in [-0.4, -0.2) is 20.2 Å². The monoisotopic (exact) mass is 326 g/mol. The minimum atomic E-state index is 0.494. The highest BCUT2D eigenvalue weighted by Crippen LogP contribution is 2.37. The number of fused-ring (bicyclic) bond motifs is 1. The number of benzene rings is 1. The predicted octanol–water partition coefficient (Wildman–Crippen LogP) is 4.38. The van der Waals surface area contributed by atoms with E-state index < -0.39 is 0 Å². The van der Waals surface area contributed by atoms with E-state index in [2.05, 4.69) is 20.2 Å². The van der Waals surface area contributed by atoms with Gasteiger partial charge in [0.25, 0.3) is 5.89 Å². The van der Waals surface area contributed by atoms with Gasteiger partial charge in [-0.3, -0.25) is 0 Å². The highest BCUT2D eigenvalue weighted by molar-refractivity contribution is 7.71. The first-order chi connectivity index (χ1) is 10.7. The van der Waals surface area contributed by atoms with Crippen LogP contribution in [0.2, 0.25) is 0 Å². The largest absolute Gasteiger partial charge is 0.415 e. The Bertz CT molecular complexity index is 1020. The van der Waals surface area contributed by atoms with Crippen LogP contribution in [-0.2, 0) is 0 Å². The van der Waals surface area contributed by atoms with E-state index in [1.807, 2.05) is 37.3 Å². The Hall–Kier alpha value is -2.38. The van der Waals surface area contributed by atoms with Crippen LogP contribution in [0, 0.1) is 11.6 Å². The number of aromatic nitrogens is 4. The molecule has 3 aromatic heterocycles. The van der Waals surface area contributed by atoms with E-state index in [9.17, 15) is 0 Å². The zero-order chi connectivity index (χ0) is 15.1. The maximum absolute atomic E-state index is 5.82. The van der Waals surface area contributed by atoms with Crippen LogP contribution in [0.15, 0.2) is 41.1 Å². The smallest absolute Gasteiger partial charge is 0.258 e. The first-order valence-electron chi connectivity index (χ1n) is 6.60. The molecule has 3 heterocycles. The molecule has 7 heteroatoms. The van der Waals surface area contributed by atoms with Gasteiger partial charge in [0.15, 0.2) is 0 Å². The molecule has 0 fully saturated rings. The van der Waals surface area contributed by atoms with E-state index in [-0.39, 0.29) is 0 Å². The number of rotatable bonds is 2. The fraction of sp³-hybridized carbons (Fsp3) is 0.0667. The van der Waals surface area contributed by atoms with Gasteiger partial charge in [0.05, 0.1) is 11.2 Å². The Morgan fingerprint density at radius 2 is 1.91 bits per heavy atom. The molecule has 0 aliphatic heterocycles. The van der Waals surface area contributed by atoms with Crippen LogP contribution in [0.5, 0.6) is 0 Å². The average Bonchev–Trinajstić information content (AvgIpc) is 3.14. The second kappa shape index (κ2) is 5.11. The summed E-state index contributed by atoms with van der Waals surface area (Å²) in [5.41, 5.74) is 1.91. The Morgan fingerprint density at radius 1 is 1.14 bits per heavy atom. The molecule has 0 amide bonds. The summed E-state index contributed by atoms with van der Waals surface area (Å²) in [5.74, 6) is 0.999. The molecule has 5 nitrogen and oxygen atoms in total. The van der Waals surface area contributed by atoms with Gasteiger partial charge < -0.3 is 9.40 Å². The summed E-state index contributed by atoms with van der Waals surface area (Å²) in [4.78, 5) is 9.05. The van der Waals surface area contributed by atoms with E-state index in [0.29, 0.717) is 16.4 Å². The molecule has 0 radical (unpaired) electrons. The van der Waals surface area contributed by atoms with Gasteiger partial charge in [-0.15, -0.1) is 21.5 Å². The molecule has 4 rings (SSSR count). The molecule has 0 atom stereocenters. The van der Waals surface area contributed by atoms with Gasteiger partial charge in [-0.2, -0.15) is 0 Å². The molecule has 4 aromatic rings. The van der Waals surface area contributed by atoms with E-state index in [1.165, 1.54) is 11.3 Å². The molecule has 22 heavy (non-hydrogen) atoms. The van der Waals surface area contributed by atoms with Crippen LogP contribution in [0.4, 0.5) is 0 Å². The minimum absolute atomic E-state index is 0.494. The van der Waals surface area contributed by atoms with Crippen molar-refractivity contribution in [1.82, 2.24) is 20.2 Å². The van der Waals surface area contributed by atoms with Crippen LogP contribution in [0.3, 0.4) is 0 Å². The summed E-state index contributed by atoms with van der Waals surface area (Å²) in [6.45, 7) is 1.99. The fourth-order valence-electron chi connectivity index (χ4n) is 2.29. The van der Waals surface area contributed by atoms with Crippen LogP contribution < -0.4 is 0 Å². The maximum atomic E-state index is 5.82. The third-order valence-corrected chi connectivity index (χ3v) is 4.88. The van der Waals surface area contributed by atoms with Gasteiger partial charge in [-0.1, -0.05) is 30.4 Å². The van der Waals surface area contributed by atoms with E-state index >= 15 is 0 Å². The minimum Gasteiger partial charge on any atom is -0.415 e. The number of aryl methyl sites for hydroxylation is 1. The highest BCUT2D eigenvalue weighted by atomic mass is 32.1. The fourth-order valence-corrected chi connectivity index (χ4v) is 3.74. The van der Waals surface area contributed by atoms with Crippen molar-refractivity contribution in [2.45, 2.75) is 6.92 Å². The van der Waals surface area contributed by atoms with E-state index in [4.69, 9.17) is 16.6 Å². The first kappa shape index (κ1) is 13.3. The Balaban J connectivity index is 1.87. The number of thiophene rings is 1. The van der Waals surface area contributed by atoms with Crippen molar-refractivity contribution in [1.29, 1.82) is 0 Å². The van der Waals surface area contributed by atoms with Gasteiger partial charge in [-0.25, -0.2) is 4.98 Å². The van der Waals surface area contributed by atoms with Gasteiger partial charge in [0.1, 0.15) is 9.47 Å². The first-order valence-corrected chi connectivity index (χ1v) is 7.82. The molecule has 0 saturated carbocycles. The van der Waals surface area contributed by atoms with Gasteiger partial charge >= 0.3 is 0 Å². The quantitative estimate of drug-likeness (QED) is 0.554. The van der Waals surface area contributed by atoms with Gasteiger partial charge in [-0.05, 0) is 24.6 Å². The average molecular weight is 326 g/mol. The third-order valence-electron chi connectivity index (χ3n) is 3.37.